The Labute approximate surface area is 112 Å². The van der Waals surface area contributed by atoms with Gasteiger partial charge in [0.15, 0.2) is 0 Å². The van der Waals surface area contributed by atoms with Crippen LogP contribution in [0.3, 0.4) is 0 Å². The molecule has 18 heavy (non-hydrogen) atoms. The van der Waals surface area contributed by atoms with Gasteiger partial charge in [0, 0.05) is 6.08 Å². The molecule has 0 aromatic rings. The fourth-order valence-corrected chi connectivity index (χ4v) is 2.36. The van der Waals surface area contributed by atoms with Crippen molar-refractivity contribution in [1.29, 1.82) is 0 Å². The summed E-state index contributed by atoms with van der Waals surface area (Å²) in [6.45, 7) is 0.586. The first kappa shape index (κ1) is 15.3. The van der Waals surface area contributed by atoms with Gasteiger partial charge in [0.2, 0.25) is 0 Å². The van der Waals surface area contributed by atoms with Crippen molar-refractivity contribution in [3.63, 3.8) is 0 Å². The summed E-state index contributed by atoms with van der Waals surface area (Å²) in [5, 5.41) is 0. The highest BCUT2D eigenvalue weighted by molar-refractivity contribution is 5.81. The molecule has 0 N–H and O–H groups in total. The summed E-state index contributed by atoms with van der Waals surface area (Å²) < 4.78 is 5.14. The molecule has 0 aromatic heterocycles. The molecule has 0 saturated carbocycles. The van der Waals surface area contributed by atoms with Gasteiger partial charge < -0.3 is 4.74 Å². The highest BCUT2D eigenvalue weighted by Crippen LogP contribution is 2.12. The molecule has 0 aromatic carbocycles. The van der Waals surface area contributed by atoms with E-state index in [9.17, 15) is 4.79 Å². The monoisotopic (exact) mass is 252 g/mol. The highest BCUT2D eigenvalue weighted by Gasteiger charge is 1.98. The second-order valence-electron chi connectivity index (χ2n) is 5.25. The van der Waals surface area contributed by atoms with E-state index in [-0.39, 0.29) is 5.97 Å². The summed E-state index contributed by atoms with van der Waals surface area (Å²) in [6.07, 6.45) is 18.8. The van der Waals surface area contributed by atoms with Crippen LogP contribution >= 0.6 is 0 Å². The van der Waals surface area contributed by atoms with Crippen molar-refractivity contribution in [2.24, 2.45) is 0 Å². The van der Waals surface area contributed by atoms with Crippen LogP contribution in [0.1, 0.15) is 77.0 Å². The molecule has 1 rings (SSSR count). The summed E-state index contributed by atoms with van der Waals surface area (Å²) in [6, 6.07) is 0. The summed E-state index contributed by atoms with van der Waals surface area (Å²) in [5.41, 5.74) is 0. The second-order valence-corrected chi connectivity index (χ2v) is 5.25. The molecule has 0 saturated heterocycles. The van der Waals surface area contributed by atoms with E-state index >= 15 is 0 Å². The number of carbonyl (C=O) groups is 1. The van der Waals surface area contributed by atoms with Gasteiger partial charge in [-0.2, -0.15) is 0 Å². The molecular weight excluding hydrogens is 224 g/mol. The second kappa shape index (κ2) is 11.3. The fourth-order valence-electron chi connectivity index (χ4n) is 2.36. The van der Waals surface area contributed by atoms with Crippen molar-refractivity contribution in [3.8, 4) is 0 Å². The lowest BCUT2D eigenvalue weighted by molar-refractivity contribution is -0.137. The smallest absolute Gasteiger partial charge is 0.330 e. The molecule has 1 aliphatic rings. The lowest BCUT2D eigenvalue weighted by atomic mass is 10.1. The van der Waals surface area contributed by atoms with E-state index in [4.69, 9.17) is 4.74 Å². The fraction of sp³-hybridized carbons (Fsp3) is 0.812. The number of hydrogen-bond acceptors (Lipinski definition) is 2. The number of rotatable bonds is 0. The van der Waals surface area contributed by atoms with Crippen LogP contribution < -0.4 is 0 Å². The number of carbonyl (C=O) groups excluding carboxylic acids is 1. The summed E-state index contributed by atoms with van der Waals surface area (Å²) in [7, 11) is 0. The Morgan fingerprint density at radius 3 is 1.83 bits per heavy atom. The SMILES string of the molecule is O=C1C=CCCCCCCCCCCCCCO1. The Bertz CT molecular complexity index is 233. The van der Waals surface area contributed by atoms with Crippen LogP contribution in [0.4, 0.5) is 0 Å². The van der Waals surface area contributed by atoms with Gasteiger partial charge in [-0.15, -0.1) is 0 Å². The normalized spacial score (nSPS) is 22.1. The Morgan fingerprint density at radius 2 is 1.22 bits per heavy atom. The van der Waals surface area contributed by atoms with E-state index in [1.807, 2.05) is 6.08 Å². The third-order valence-electron chi connectivity index (χ3n) is 3.51. The van der Waals surface area contributed by atoms with Crippen molar-refractivity contribution in [2.75, 3.05) is 6.61 Å². The summed E-state index contributed by atoms with van der Waals surface area (Å²) >= 11 is 0. The van der Waals surface area contributed by atoms with Gasteiger partial charge in [0.05, 0.1) is 6.61 Å². The predicted molar refractivity (Wildman–Crippen MR) is 75.5 cm³/mol. The number of allylic oxidation sites excluding steroid dienone is 1. The molecule has 0 fully saturated rings. The van der Waals surface area contributed by atoms with Crippen LogP contribution in [0.5, 0.6) is 0 Å². The van der Waals surface area contributed by atoms with Gasteiger partial charge in [-0.25, -0.2) is 4.79 Å². The minimum atomic E-state index is -0.167. The average Bonchev–Trinajstić information content (AvgIpc) is 2.37. The topological polar surface area (TPSA) is 26.3 Å². The van der Waals surface area contributed by atoms with Gasteiger partial charge in [-0.1, -0.05) is 63.9 Å². The van der Waals surface area contributed by atoms with E-state index in [1.54, 1.807) is 6.08 Å². The average molecular weight is 252 g/mol. The number of hydrogen-bond donors (Lipinski definition) is 0. The quantitative estimate of drug-likeness (QED) is 0.580. The lowest BCUT2D eigenvalue weighted by Gasteiger charge is -2.03. The molecular formula is C16H28O2. The van der Waals surface area contributed by atoms with Crippen molar-refractivity contribution >= 4 is 5.97 Å². The maximum absolute atomic E-state index is 11.3. The Balaban J connectivity index is 2.18. The van der Waals surface area contributed by atoms with Crippen LogP contribution in [0.25, 0.3) is 0 Å². The van der Waals surface area contributed by atoms with Crippen LogP contribution in [0.15, 0.2) is 12.2 Å². The van der Waals surface area contributed by atoms with E-state index in [1.165, 1.54) is 64.2 Å². The molecule has 2 nitrogen and oxygen atoms in total. The van der Waals surface area contributed by atoms with Gasteiger partial charge in [-0.05, 0) is 19.3 Å². The van der Waals surface area contributed by atoms with E-state index < -0.39 is 0 Å². The van der Waals surface area contributed by atoms with Crippen molar-refractivity contribution in [3.05, 3.63) is 12.2 Å². The van der Waals surface area contributed by atoms with Crippen molar-refractivity contribution in [1.82, 2.24) is 0 Å². The molecule has 2 heteroatoms. The largest absolute Gasteiger partial charge is 0.463 e. The zero-order valence-corrected chi connectivity index (χ0v) is 11.7. The molecule has 0 atom stereocenters. The van der Waals surface area contributed by atoms with Crippen molar-refractivity contribution in [2.45, 2.75) is 77.0 Å². The Morgan fingerprint density at radius 1 is 0.722 bits per heavy atom. The van der Waals surface area contributed by atoms with Gasteiger partial charge in [0.25, 0.3) is 0 Å². The zero-order valence-electron chi connectivity index (χ0n) is 11.7. The molecule has 0 spiro atoms. The number of esters is 1. The van der Waals surface area contributed by atoms with E-state index in [0.717, 1.165) is 12.8 Å². The first-order valence-corrected chi connectivity index (χ1v) is 7.73. The van der Waals surface area contributed by atoms with Crippen molar-refractivity contribution < 1.29 is 9.53 Å². The number of ether oxygens (including phenoxy) is 1. The molecule has 1 heterocycles. The molecule has 0 unspecified atom stereocenters. The van der Waals surface area contributed by atoms with Crippen LogP contribution in [0, 0.1) is 0 Å². The molecule has 0 amide bonds. The van der Waals surface area contributed by atoms with Gasteiger partial charge >= 0.3 is 5.97 Å². The van der Waals surface area contributed by atoms with E-state index in [2.05, 4.69) is 0 Å². The Kier molecular flexibility index (Phi) is 9.59. The first-order valence-electron chi connectivity index (χ1n) is 7.73. The van der Waals surface area contributed by atoms with E-state index in [0.29, 0.717) is 6.61 Å². The molecule has 1 aliphatic heterocycles. The third kappa shape index (κ3) is 9.26. The molecule has 104 valence electrons. The van der Waals surface area contributed by atoms with Gasteiger partial charge in [-0.3, -0.25) is 0 Å². The number of cyclic esters (lactones) is 1. The highest BCUT2D eigenvalue weighted by atomic mass is 16.5. The maximum Gasteiger partial charge on any atom is 0.330 e. The lowest BCUT2D eigenvalue weighted by Crippen LogP contribution is -2.02. The minimum Gasteiger partial charge on any atom is -0.463 e. The predicted octanol–water partition coefficient (Wildman–Crippen LogP) is 4.78. The molecule has 0 radical (unpaired) electrons. The molecule has 0 bridgehead atoms. The summed E-state index contributed by atoms with van der Waals surface area (Å²) in [4.78, 5) is 11.3. The maximum atomic E-state index is 11.3. The standard InChI is InChI=1S/C16H28O2/c17-16-14-12-10-8-6-4-2-1-3-5-7-9-11-13-15-18-16/h12,14H,1-11,13,15H2. The zero-order chi connectivity index (χ0) is 12.9. The van der Waals surface area contributed by atoms with Gasteiger partial charge in [0.1, 0.15) is 0 Å². The summed E-state index contributed by atoms with van der Waals surface area (Å²) in [5.74, 6) is -0.167. The van der Waals surface area contributed by atoms with Crippen LogP contribution in [-0.4, -0.2) is 12.6 Å². The van der Waals surface area contributed by atoms with Crippen LogP contribution in [0.2, 0.25) is 0 Å². The third-order valence-corrected chi connectivity index (χ3v) is 3.51. The molecule has 0 aliphatic carbocycles. The Hall–Kier alpha value is -0.790. The minimum absolute atomic E-state index is 0.167. The first-order chi connectivity index (χ1) is 8.89. The van der Waals surface area contributed by atoms with Crippen LogP contribution in [-0.2, 0) is 9.53 Å².